The van der Waals surface area contributed by atoms with Gasteiger partial charge >= 0.3 is 0 Å². The smallest absolute Gasteiger partial charge is 0.191 e. The molecule has 0 saturated carbocycles. The monoisotopic (exact) mass is 266 g/mol. The van der Waals surface area contributed by atoms with Gasteiger partial charge in [0.1, 0.15) is 0 Å². The topological polar surface area (TPSA) is 54.5 Å². The number of nitrogens with two attached hydrogens (primary N) is 1. The predicted molar refractivity (Wildman–Crippen MR) is 77.0 cm³/mol. The third-order valence-corrected chi connectivity index (χ3v) is 4.35. The molecule has 100 valence electrons. The second kappa shape index (κ2) is 6.18. The largest absolute Gasteiger partial charge is 0.370 e. The molecule has 0 radical (unpaired) electrons. The van der Waals surface area contributed by atoms with Crippen molar-refractivity contribution in [3.8, 4) is 0 Å². The standard InChI is InChI=1S/C13H22N4S/c1-10-4-7-17(8-5-10)13(14)15-6-3-12-16-9-11(2)18-12/h9-10H,3-8H2,1-2H3,(H2,14,15). The number of guanidine groups is 1. The highest BCUT2D eigenvalue weighted by Crippen LogP contribution is 2.15. The number of aliphatic imine (C=N–C) groups is 1. The van der Waals surface area contributed by atoms with Gasteiger partial charge in [0.05, 0.1) is 5.01 Å². The van der Waals surface area contributed by atoms with Crippen LogP contribution in [0.5, 0.6) is 0 Å². The Hall–Kier alpha value is -1.10. The van der Waals surface area contributed by atoms with Gasteiger partial charge in [-0.15, -0.1) is 11.3 Å². The molecule has 0 atom stereocenters. The fourth-order valence-corrected chi connectivity index (χ4v) is 2.90. The Morgan fingerprint density at radius 2 is 2.28 bits per heavy atom. The van der Waals surface area contributed by atoms with Crippen molar-refractivity contribution in [2.45, 2.75) is 33.1 Å². The van der Waals surface area contributed by atoms with E-state index in [-0.39, 0.29) is 0 Å². The minimum atomic E-state index is 0.704. The SMILES string of the molecule is Cc1cnc(CCN=C(N)N2CCC(C)CC2)s1. The zero-order valence-electron chi connectivity index (χ0n) is 11.2. The summed E-state index contributed by atoms with van der Waals surface area (Å²) in [5.74, 6) is 1.53. The van der Waals surface area contributed by atoms with Crippen LogP contribution in [0.4, 0.5) is 0 Å². The van der Waals surface area contributed by atoms with Crippen molar-refractivity contribution in [2.24, 2.45) is 16.6 Å². The maximum atomic E-state index is 6.02. The lowest BCUT2D eigenvalue weighted by Crippen LogP contribution is -2.42. The summed E-state index contributed by atoms with van der Waals surface area (Å²) in [6.45, 7) is 7.22. The number of aromatic nitrogens is 1. The number of likely N-dealkylation sites (tertiary alicyclic amines) is 1. The Balaban J connectivity index is 1.78. The van der Waals surface area contributed by atoms with Crippen molar-refractivity contribution in [1.29, 1.82) is 0 Å². The van der Waals surface area contributed by atoms with Gasteiger partial charge in [-0.3, -0.25) is 4.99 Å². The van der Waals surface area contributed by atoms with E-state index in [1.54, 1.807) is 11.3 Å². The molecule has 0 bridgehead atoms. The van der Waals surface area contributed by atoms with Crippen LogP contribution in [0.3, 0.4) is 0 Å². The first-order chi connectivity index (χ1) is 8.65. The number of rotatable bonds is 3. The summed E-state index contributed by atoms with van der Waals surface area (Å²) >= 11 is 1.74. The van der Waals surface area contributed by atoms with E-state index in [1.165, 1.54) is 17.7 Å². The summed E-state index contributed by atoms with van der Waals surface area (Å²) in [7, 11) is 0. The zero-order chi connectivity index (χ0) is 13.0. The third-order valence-electron chi connectivity index (χ3n) is 3.38. The van der Waals surface area contributed by atoms with Crippen molar-refractivity contribution in [2.75, 3.05) is 19.6 Å². The van der Waals surface area contributed by atoms with Gasteiger partial charge in [0, 0.05) is 37.1 Å². The van der Waals surface area contributed by atoms with Crippen molar-refractivity contribution < 1.29 is 0 Å². The molecule has 1 aliphatic rings. The molecule has 2 N–H and O–H groups in total. The van der Waals surface area contributed by atoms with E-state index in [9.17, 15) is 0 Å². The van der Waals surface area contributed by atoms with Crippen molar-refractivity contribution in [1.82, 2.24) is 9.88 Å². The lowest BCUT2D eigenvalue weighted by molar-refractivity contribution is 0.277. The summed E-state index contributed by atoms with van der Waals surface area (Å²) in [4.78, 5) is 12.3. The summed E-state index contributed by atoms with van der Waals surface area (Å²) in [5, 5.41) is 1.15. The Morgan fingerprint density at radius 1 is 1.56 bits per heavy atom. The van der Waals surface area contributed by atoms with Crippen LogP contribution in [-0.4, -0.2) is 35.5 Å². The predicted octanol–water partition coefficient (Wildman–Crippen LogP) is 2.04. The Kier molecular flexibility index (Phi) is 4.58. The molecule has 1 saturated heterocycles. The van der Waals surface area contributed by atoms with Crippen molar-refractivity contribution in [3.05, 3.63) is 16.1 Å². The van der Waals surface area contributed by atoms with Crippen molar-refractivity contribution >= 4 is 17.3 Å². The van der Waals surface area contributed by atoms with Gasteiger partial charge in [0.15, 0.2) is 5.96 Å². The lowest BCUT2D eigenvalue weighted by atomic mass is 10.00. The lowest BCUT2D eigenvalue weighted by Gasteiger charge is -2.31. The maximum absolute atomic E-state index is 6.02. The quantitative estimate of drug-likeness (QED) is 0.673. The van der Waals surface area contributed by atoms with Gasteiger partial charge in [-0.2, -0.15) is 0 Å². The number of nitrogens with zero attached hydrogens (tertiary/aromatic N) is 3. The van der Waals surface area contributed by atoms with E-state index in [0.717, 1.165) is 37.0 Å². The van der Waals surface area contributed by atoms with Crippen molar-refractivity contribution in [3.63, 3.8) is 0 Å². The number of hydrogen-bond acceptors (Lipinski definition) is 3. The van der Waals surface area contributed by atoms with Gasteiger partial charge in [0.25, 0.3) is 0 Å². The Labute approximate surface area is 113 Å². The summed E-state index contributed by atoms with van der Waals surface area (Å²) in [6.07, 6.45) is 5.26. The molecule has 0 aromatic carbocycles. The van der Waals surface area contributed by atoms with Crippen LogP contribution in [0.1, 0.15) is 29.7 Å². The average molecular weight is 266 g/mol. The first-order valence-electron chi connectivity index (χ1n) is 6.61. The van der Waals surface area contributed by atoms with Crippen LogP contribution >= 0.6 is 11.3 Å². The zero-order valence-corrected chi connectivity index (χ0v) is 12.0. The van der Waals surface area contributed by atoms with Crippen LogP contribution in [-0.2, 0) is 6.42 Å². The highest BCUT2D eigenvalue weighted by molar-refractivity contribution is 7.11. The van der Waals surface area contributed by atoms with Gasteiger partial charge < -0.3 is 10.6 Å². The van der Waals surface area contributed by atoms with Gasteiger partial charge in [-0.1, -0.05) is 6.92 Å². The molecule has 18 heavy (non-hydrogen) atoms. The fraction of sp³-hybridized carbons (Fsp3) is 0.692. The van der Waals surface area contributed by atoms with Crippen LogP contribution in [0.25, 0.3) is 0 Å². The summed E-state index contributed by atoms with van der Waals surface area (Å²) < 4.78 is 0. The summed E-state index contributed by atoms with van der Waals surface area (Å²) in [6, 6.07) is 0. The van der Waals surface area contributed by atoms with Crippen LogP contribution in [0.2, 0.25) is 0 Å². The minimum absolute atomic E-state index is 0.704. The first-order valence-corrected chi connectivity index (χ1v) is 7.43. The third kappa shape index (κ3) is 3.70. The van der Waals surface area contributed by atoms with Crippen LogP contribution in [0.15, 0.2) is 11.2 Å². The molecule has 0 amide bonds. The second-order valence-electron chi connectivity index (χ2n) is 5.02. The minimum Gasteiger partial charge on any atom is -0.370 e. The van der Waals surface area contributed by atoms with Crippen LogP contribution < -0.4 is 5.73 Å². The van der Waals surface area contributed by atoms with Gasteiger partial charge in [-0.25, -0.2) is 4.98 Å². The number of piperidine rings is 1. The van der Waals surface area contributed by atoms with E-state index in [4.69, 9.17) is 5.73 Å². The molecule has 4 nitrogen and oxygen atoms in total. The van der Waals surface area contributed by atoms with Gasteiger partial charge in [-0.05, 0) is 25.7 Å². The molecule has 2 rings (SSSR count). The maximum Gasteiger partial charge on any atom is 0.191 e. The molecule has 2 heterocycles. The van der Waals surface area contributed by atoms with E-state index in [2.05, 4.69) is 28.7 Å². The van der Waals surface area contributed by atoms with Gasteiger partial charge in [0.2, 0.25) is 0 Å². The van der Waals surface area contributed by atoms with E-state index in [1.807, 2.05) is 6.20 Å². The summed E-state index contributed by atoms with van der Waals surface area (Å²) in [5.41, 5.74) is 6.02. The van der Waals surface area contributed by atoms with E-state index in [0.29, 0.717) is 5.96 Å². The van der Waals surface area contributed by atoms with E-state index >= 15 is 0 Å². The normalized spacial score (nSPS) is 18.3. The fourth-order valence-electron chi connectivity index (χ4n) is 2.12. The Bertz CT molecular complexity index is 405. The van der Waals surface area contributed by atoms with Crippen LogP contribution in [0, 0.1) is 12.8 Å². The molecule has 0 unspecified atom stereocenters. The van der Waals surface area contributed by atoms with E-state index < -0.39 is 0 Å². The highest BCUT2D eigenvalue weighted by atomic mass is 32.1. The Morgan fingerprint density at radius 3 is 2.89 bits per heavy atom. The number of thiazole rings is 1. The molecule has 0 aliphatic carbocycles. The molecule has 5 heteroatoms. The first kappa shape index (κ1) is 13.3. The number of aryl methyl sites for hydroxylation is 1. The molecule has 0 spiro atoms. The highest BCUT2D eigenvalue weighted by Gasteiger charge is 2.16. The molecule has 1 aromatic rings. The second-order valence-corrected chi connectivity index (χ2v) is 6.34. The molecule has 1 aliphatic heterocycles. The molecule has 1 aromatic heterocycles. The molecule has 1 fully saturated rings. The average Bonchev–Trinajstić information content (AvgIpc) is 2.76. The number of hydrogen-bond donors (Lipinski definition) is 1. The molecular weight excluding hydrogens is 244 g/mol. The molecular formula is C13H22N4S.